The van der Waals surface area contributed by atoms with Gasteiger partial charge in [0.05, 0.1) is 17.1 Å². The lowest BCUT2D eigenvalue weighted by atomic mass is 9.98. The van der Waals surface area contributed by atoms with Gasteiger partial charge in [-0.05, 0) is 88.6 Å². The summed E-state index contributed by atoms with van der Waals surface area (Å²) in [5, 5.41) is 6.67. The third-order valence-corrected chi connectivity index (χ3v) is 8.11. The molecule has 0 spiro atoms. The zero-order valence-electron chi connectivity index (χ0n) is 22.4. The summed E-state index contributed by atoms with van der Waals surface area (Å²) >= 11 is 0. The molecule has 4 aromatic heterocycles. The van der Waals surface area contributed by atoms with E-state index >= 15 is 0 Å². The van der Waals surface area contributed by atoms with E-state index in [4.69, 9.17) is 13.8 Å². The summed E-state index contributed by atoms with van der Waals surface area (Å²) in [5.74, 6) is 0. The molecular formula is C38H22N2O2. The molecule has 0 aliphatic heterocycles. The van der Waals surface area contributed by atoms with Gasteiger partial charge >= 0.3 is 0 Å². The predicted octanol–water partition coefficient (Wildman–Crippen LogP) is 10.4. The number of rotatable bonds is 3. The topological polar surface area (TPSA) is 52.1 Å². The summed E-state index contributed by atoms with van der Waals surface area (Å²) in [6, 6.07) is 43.9. The molecule has 0 fully saturated rings. The van der Waals surface area contributed by atoms with Crippen molar-refractivity contribution in [1.29, 1.82) is 0 Å². The first-order valence-corrected chi connectivity index (χ1v) is 14.0. The number of aromatic nitrogens is 2. The second kappa shape index (κ2) is 8.88. The molecule has 0 saturated heterocycles. The van der Waals surface area contributed by atoms with Crippen LogP contribution in [0.2, 0.25) is 0 Å². The van der Waals surface area contributed by atoms with Crippen LogP contribution in [-0.2, 0) is 0 Å². The molecule has 9 aromatic rings. The minimum atomic E-state index is 0.867. The first kappa shape index (κ1) is 23.0. The Morgan fingerprint density at radius 3 is 1.83 bits per heavy atom. The Morgan fingerprint density at radius 2 is 1.00 bits per heavy atom. The Morgan fingerprint density at radius 1 is 0.381 bits per heavy atom. The van der Waals surface area contributed by atoms with Crippen molar-refractivity contribution in [3.05, 3.63) is 134 Å². The highest BCUT2D eigenvalue weighted by atomic mass is 16.3. The van der Waals surface area contributed by atoms with Crippen molar-refractivity contribution in [3.8, 4) is 33.8 Å². The van der Waals surface area contributed by atoms with Gasteiger partial charge in [-0.3, -0.25) is 4.98 Å². The zero-order chi connectivity index (χ0) is 27.6. The maximum absolute atomic E-state index is 6.28. The van der Waals surface area contributed by atoms with Gasteiger partial charge in [0.15, 0.2) is 0 Å². The number of benzene rings is 5. The molecule has 0 saturated carbocycles. The summed E-state index contributed by atoms with van der Waals surface area (Å²) in [6.45, 7) is 0. The molecule has 4 heterocycles. The summed E-state index contributed by atoms with van der Waals surface area (Å²) in [4.78, 5) is 9.34. The minimum Gasteiger partial charge on any atom is -0.456 e. The standard InChI is InChI=1S/C38H22N2O2/c1-2-10-35-28(6-1)30-21-38-31(22-37(30)41-35)29-20-26(15-16-36(29)42-38)24-11-12-25-19-27(14-13-23(25)18-24)32-8-5-9-34(40-32)33-7-3-4-17-39-33/h1-22H. The van der Waals surface area contributed by atoms with Crippen LogP contribution in [-0.4, -0.2) is 9.97 Å². The number of fused-ring (bicyclic) bond motifs is 7. The van der Waals surface area contributed by atoms with E-state index in [1.54, 1.807) is 6.20 Å². The van der Waals surface area contributed by atoms with Gasteiger partial charge < -0.3 is 8.83 Å². The fraction of sp³-hybridized carbons (Fsp3) is 0. The van der Waals surface area contributed by atoms with Crippen LogP contribution in [0.1, 0.15) is 0 Å². The van der Waals surface area contributed by atoms with Crippen molar-refractivity contribution < 1.29 is 8.83 Å². The second-order valence-corrected chi connectivity index (χ2v) is 10.7. The van der Waals surface area contributed by atoms with E-state index < -0.39 is 0 Å². The van der Waals surface area contributed by atoms with E-state index in [2.05, 4.69) is 77.8 Å². The third-order valence-electron chi connectivity index (χ3n) is 8.11. The van der Waals surface area contributed by atoms with E-state index in [-0.39, 0.29) is 0 Å². The van der Waals surface area contributed by atoms with E-state index in [1.807, 2.05) is 54.6 Å². The molecule has 4 heteroatoms. The molecule has 0 radical (unpaired) electrons. The van der Waals surface area contributed by atoms with Gasteiger partial charge in [-0.15, -0.1) is 0 Å². The Labute approximate surface area is 240 Å². The predicted molar refractivity (Wildman–Crippen MR) is 170 cm³/mol. The maximum Gasteiger partial charge on any atom is 0.136 e. The summed E-state index contributed by atoms with van der Waals surface area (Å²) in [7, 11) is 0. The highest BCUT2D eigenvalue weighted by Gasteiger charge is 2.14. The second-order valence-electron chi connectivity index (χ2n) is 10.7. The molecule has 5 aromatic carbocycles. The van der Waals surface area contributed by atoms with Gasteiger partial charge in [0, 0.05) is 33.3 Å². The molecule has 9 rings (SSSR count). The molecule has 0 aliphatic rings. The van der Waals surface area contributed by atoms with E-state index in [0.717, 1.165) is 77.6 Å². The number of pyridine rings is 2. The Bertz CT molecular complexity index is 2470. The van der Waals surface area contributed by atoms with Crippen molar-refractivity contribution in [2.45, 2.75) is 0 Å². The molecule has 0 unspecified atom stereocenters. The average Bonchev–Trinajstić information content (AvgIpc) is 3.60. The van der Waals surface area contributed by atoms with Crippen molar-refractivity contribution in [3.63, 3.8) is 0 Å². The van der Waals surface area contributed by atoms with E-state index in [1.165, 1.54) is 10.8 Å². The van der Waals surface area contributed by atoms with Crippen LogP contribution in [0.5, 0.6) is 0 Å². The first-order valence-electron chi connectivity index (χ1n) is 14.0. The molecule has 0 N–H and O–H groups in total. The summed E-state index contributed by atoms with van der Waals surface area (Å²) < 4.78 is 12.4. The SMILES string of the molecule is c1ccc(-c2cccc(-c3ccc4cc(-c5ccc6oc7cc8c(cc7c6c5)oc5ccccc58)ccc4c3)n2)nc1. The van der Waals surface area contributed by atoms with Crippen molar-refractivity contribution in [1.82, 2.24) is 9.97 Å². The molecule has 0 aliphatic carbocycles. The van der Waals surface area contributed by atoms with Crippen LogP contribution in [0.15, 0.2) is 142 Å². The average molecular weight is 539 g/mol. The number of furan rings is 2. The van der Waals surface area contributed by atoms with Crippen molar-refractivity contribution >= 4 is 54.6 Å². The summed E-state index contributed by atoms with van der Waals surface area (Å²) in [6.07, 6.45) is 1.80. The van der Waals surface area contributed by atoms with Gasteiger partial charge in [0.25, 0.3) is 0 Å². The molecular weight excluding hydrogens is 516 g/mol. The quantitative estimate of drug-likeness (QED) is 0.224. The van der Waals surface area contributed by atoms with Crippen LogP contribution < -0.4 is 0 Å². The fourth-order valence-corrected chi connectivity index (χ4v) is 6.01. The Kier molecular flexibility index (Phi) is 4.87. The van der Waals surface area contributed by atoms with Gasteiger partial charge in [-0.1, -0.05) is 60.7 Å². The smallest absolute Gasteiger partial charge is 0.136 e. The lowest BCUT2D eigenvalue weighted by molar-refractivity contribution is 0.664. The van der Waals surface area contributed by atoms with Crippen molar-refractivity contribution in [2.75, 3.05) is 0 Å². The van der Waals surface area contributed by atoms with Crippen LogP contribution in [0.25, 0.3) is 88.4 Å². The van der Waals surface area contributed by atoms with Gasteiger partial charge in [0.2, 0.25) is 0 Å². The molecule has 0 bridgehead atoms. The van der Waals surface area contributed by atoms with Gasteiger partial charge in [0.1, 0.15) is 22.3 Å². The molecule has 4 nitrogen and oxygen atoms in total. The highest BCUT2D eigenvalue weighted by Crippen LogP contribution is 2.38. The van der Waals surface area contributed by atoms with E-state index in [9.17, 15) is 0 Å². The van der Waals surface area contributed by atoms with E-state index in [0.29, 0.717) is 0 Å². The normalized spacial score (nSPS) is 11.8. The number of hydrogen-bond acceptors (Lipinski definition) is 4. The fourth-order valence-electron chi connectivity index (χ4n) is 6.01. The highest BCUT2D eigenvalue weighted by molar-refractivity contribution is 6.15. The van der Waals surface area contributed by atoms with Crippen LogP contribution >= 0.6 is 0 Å². The van der Waals surface area contributed by atoms with Gasteiger partial charge in [-0.2, -0.15) is 0 Å². The minimum absolute atomic E-state index is 0.867. The summed E-state index contributed by atoms with van der Waals surface area (Å²) in [5.41, 5.74) is 9.55. The Balaban J connectivity index is 1.10. The number of para-hydroxylation sites is 1. The third kappa shape index (κ3) is 3.62. The maximum atomic E-state index is 6.28. The largest absolute Gasteiger partial charge is 0.456 e. The first-order chi connectivity index (χ1) is 20.8. The lowest BCUT2D eigenvalue weighted by Gasteiger charge is -2.08. The van der Waals surface area contributed by atoms with Crippen LogP contribution in [0.3, 0.4) is 0 Å². The molecule has 0 amide bonds. The number of hydrogen-bond donors (Lipinski definition) is 0. The monoisotopic (exact) mass is 538 g/mol. The van der Waals surface area contributed by atoms with Gasteiger partial charge in [-0.25, -0.2) is 4.98 Å². The number of nitrogens with zero attached hydrogens (tertiary/aromatic N) is 2. The molecule has 42 heavy (non-hydrogen) atoms. The zero-order valence-corrected chi connectivity index (χ0v) is 22.4. The van der Waals surface area contributed by atoms with Crippen molar-refractivity contribution in [2.24, 2.45) is 0 Å². The molecule has 196 valence electrons. The Hall–Kier alpha value is -5.74. The lowest BCUT2D eigenvalue weighted by Crippen LogP contribution is -1.90. The van der Waals surface area contributed by atoms with Crippen LogP contribution in [0, 0.1) is 0 Å². The molecule has 0 atom stereocenters. The van der Waals surface area contributed by atoms with Crippen LogP contribution in [0.4, 0.5) is 0 Å².